The van der Waals surface area contributed by atoms with Gasteiger partial charge in [-0.05, 0) is 38.1 Å². The van der Waals surface area contributed by atoms with E-state index in [1.165, 1.54) is 43.2 Å². The van der Waals surface area contributed by atoms with Gasteiger partial charge in [-0.2, -0.15) is 21.3 Å². The molecule has 2 atom stereocenters. The van der Waals surface area contributed by atoms with Gasteiger partial charge in [-0.25, -0.2) is 13.2 Å². The number of rotatable bonds is 4. The second-order valence-electron chi connectivity index (χ2n) is 7.84. The summed E-state index contributed by atoms with van der Waals surface area (Å²) in [7, 11) is -7.51. The number of benzene rings is 1. The van der Waals surface area contributed by atoms with E-state index in [1.54, 1.807) is 0 Å². The van der Waals surface area contributed by atoms with Gasteiger partial charge >= 0.3 is 5.63 Å². The van der Waals surface area contributed by atoms with Gasteiger partial charge in [0.25, 0.3) is 10.2 Å². The summed E-state index contributed by atoms with van der Waals surface area (Å²) in [4.78, 5) is 11.4. The number of morpholine rings is 1. The van der Waals surface area contributed by atoms with Crippen molar-refractivity contribution in [1.82, 2.24) is 12.9 Å². The van der Waals surface area contributed by atoms with Gasteiger partial charge < -0.3 is 9.15 Å². The molecule has 12 heteroatoms. The van der Waals surface area contributed by atoms with E-state index in [0.29, 0.717) is 11.0 Å². The van der Waals surface area contributed by atoms with Crippen LogP contribution in [0.1, 0.15) is 13.8 Å². The first-order valence-corrected chi connectivity index (χ1v) is 12.9. The SMILES string of the molecule is CC1CN(S(=O)(=O)N2CCN(S(=O)(=O)c3ccc4oc(=O)ccc4c3)CC2)CC(C)O1. The van der Waals surface area contributed by atoms with Crippen LogP contribution >= 0.6 is 0 Å². The molecule has 0 spiro atoms. The van der Waals surface area contributed by atoms with E-state index < -0.39 is 25.9 Å². The lowest BCUT2D eigenvalue weighted by atomic mass is 10.2. The summed E-state index contributed by atoms with van der Waals surface area (Å²) < 4.78 is 66.9. The Labute approximate surface area is 181 Å². The largest absolute Gasteiger partial charge is 0.423 e. The summed E-state index contributed by atoms with van der Waals surface area (Å²) in [6, 6.07) is 7.03. The van der Waals surface area contributed by atoms with Crippen molar-refractivity contribution in [3.05, 3.63) is 40.8 Å². The molecule has 31 heavy (non-hydrogen) atoms. The Kier molecular flexibility index (Phi) is 5.96. The van der Waals surface area contributed by atoms with E-state index >= 15 is 0 Å². The van der Waals surface area contributed by atoms with Crippen molar-refractivity contribution in [1.29, 1.82) is 0 Å². The molecule has 0 aliphatic carbocycles. The molecular weight excluding hydrogens is 446 g/mol. The highest BCUT2D eigenvalue weighted by Gasteiger charge is 2.38. The molecule has 0 bridgehead atoms. The highest BCUT2D eigenvalue weighted by atomic mass is 32.2. The topological polar surface area (TPSA) is 117 Å². The third-order valence-electron chi connectivity index (χ3n) is 5.46. The number of hydrogen-bond acceptors (Lipinski definition) is 7. The highest BCUT2D eigenvalue weighted by Crippen LogP contribution is 2.24. The van der Waals surface area contributed by atoms with Crippen LogP contribution in [0.2, 0.25) is 0 Å². The van der Waals surface area contributed by atoms with Gasteiger partial charge in [-0.1, -0.05) is 0 Å². The molecule has 2 fully saturated rings. The van der Waals surface area contributed by atoms with Crippen molar-refractivity contribution in [2.75, 3.05) is 39.3 Å². The van der Waals surface area contributed by atoms with Crippen LogP contribution in [0.25, 0.3) is 11.0 Å². The number of nitrogens with zero attached hydrogens (tertiary/aromatic N) is 3. The number of ether oxygens (including phenoxy) is 1. The molecule has 2 aliphatic heterocycles. The van der Waals surface area contributed by atoms with Gasteiger partial charge in [0, 0.05) is 50.7 Å². The Hall–Kier alpha value is -1.83. The molecule has 3 heterocycles. The lowest BCUT2D eigenvalue weighted by molar-refractivity contribution is -0.0456. The molecule has 0 saturated carbocycles. The van der Waals surface area contributed by atoms with Crippen molar-refractivity contribution in [2.24, 2.45) is 0 Å². The van der Waals surface area contributed by atoms with Crippen LogP contribution < -0.4 is 5.63 Å². The second-order valence-corrected chi connectivity index (χ2v) is 11.7. The molecular formula is C19H25N3O7S2. The quantitative estimate of drug-likeness (QED) is 0.594. The Morgan fingerprint density at radius 1 is 0.839 bits per heavy atom. The summed E-state index contributed by atoms with van der Waals surface area (Å²) in [6.45, 7) is 4.47. The lowest BCUT2D eigenvalue weighted by Crippen LogP contribution is -2.57. The van der Waals surface area contributed by atoms with E-state index in [9.17, 15) is 21.6 Å². The maximum absolute atomic E-state index is 13.1. The minimum Gasteiger partial charge on any atom is -0.423 e. The first-order chi connectivity index (χ1) is 14.6. The van der Waals surface area contributed by atoms with Crippen molar-refractivity contribution in [3.63, 3.8) is 0 Å². The zero-order valence-corrected chi connectivity index (χ0v) is 18.9. The van der Waals surface area contributed by atoms with Gasteiger partial charge in [-0.3, -0.25) is 0 Å². The fourth-order valence-electron chi connectivity index (χ4n) is 3.98. The zero-order chi connectivity index (χ0) is 22.4. The van der Waals surface area contributed by atoms with Gasteiger partial charge in [0.1, 0.15) is 5.58 Å². The van der Waals surface area contributed by atoms with Crippen LogP contribution in [0.15, 0.2) is 44.4 Å². The maximum atomic E-state index is 13.1. The summed E-state index contributed by atoms with van der Waals surface area (Å²) in [6.07, 6.45) is -0.393. The van der Waals surface area contributed by atoms with Crippen LogP contribution in [0, 0.1) is 0 Å². The Balaban J connectivity index is 1.49. The van der Waals surface area contributed by atoms with Crippen LogP contribution in [-0.4, -0.2) is 81.2 Å². The van der Waals surface area contributed by atoms with Crippen LogP contribution in [-0.2, 0) is 25.0 Å². The molecule has 1 aromatic heterocycles. The van der Waals surface area contributed by atoms with E-state index in [4.69, 9.17) is 9.15 Å². The summed E-state index contributed by atoms with van der Waals surface area (Å²) in [5.74, 6) is 0. The molecule has 2 aliphatic rings. The Morgan fingerprint density at radius 2 is 1.45 bits per heavy atom. The molecule has 0 amide bonds. The minimum absolute atomic E-state index is 0.0545. The molecule has 2 unspecified atom stereocenters. The van der Waals surface area contributed by atoms with Crippen molar-refractivity contribution in [2.45, 2.75) is 31.0 Å². The van der Waals surface area contributed by atoms with Gasteiger partial charge in [-0.15, -0.1) is 0 Å². The third-order valence-corrected chi connectivity index (χ3v) is 9.33. The number of hydrogen-bond donors (Lipinski definition) is 0. The molecule has 170 valence electrons. The molecule has 0 radical (unpaired) electrons. The fraction of sp³-hybridized carbons (Fsp3) is 0.526. The molecule has 10 nitrogen and oxygen atoms in total. The van der Waals surface area contributed by atoms with Crippen molar-refractivity contribution < 1.29 is 26.0 Å². The van der Waals surface area contributed by atoms with Gasteiger partial charge in [0.2, 0.25) is 10.0 Å². The monoisotopic (exact) mass is 471 g/mol. The first kappa shape index (κ1) is 22.4. The summed E-state index contributed by atoms with van der Waals surface area (Å²) in [5.41, 5.74) is -0.208. The number of sulfonamides is 1. The first-order valence-electron chi connectivity index (χ1n) is 10.0. The highest BCUT2D eigenvalue weighted by molar-refractivity contribution is 7.89. The molecule has 0 N–H and O–H groups in total. The van der Waals surface area contributed by atoms with Crippen molar-refractivity contribution in [3.8, 4) is 0 Å². The Morgan fingerprint density at radius 3 is 2.10 bits per heavy atom. The second kappa shape index (κ2) is 8.26. The maximum Gasteiger partial charge on any atom is 0.336 e. The van der Waals surface area contributed by atoms with Crippen LogP contribution in [0.3, 0.4) is 0 Å². The van der Waals surface area contributed by atoms with Crippen LogP contribution in [0.5, 0.6) is 0 Å². The average molecular weight is 472 g/mol. The Bertz CT molecular complexity index is 1220. The zero-order valence-electron chi connectivity index (χ0n) is 17.3. The van der Waals surface area contributed by atoms with Crippen molar-refractivity contribution >= 4 is 31.2 Å². The number of fused-ring (bicyclic) bond motifs is 1. The third kappa shape index (κ3) is 4.41. The molecule has 4 rings (SSSR count). The fourth-order valence-corrected chi connectivity index (χ4v) is 7.19. The van der Waals surface area contributed by atoms with E-state index in [1.807, 2.05) is 13.8 Å². The minimum atomic E-state index is -3.82. The van der Waals surface area contributed by atoms with Gasteiger partial charge in [0.15, 0.2) is 0 Å². The van der Waals surface area contributed by atoms with E-state index in [0.717, 1.165) is 0 Å². The predicted octanol–water partition coefficient (Wildman–Crippen LogP) is 0.453. The van der Waals surface area contributed by atoms with E-state index in [-0.39, 0.29) is 56.4 Å². The molecule has 2 aromatic rings. The average Bonchev–Trinajstić information content (AvgIpc) is 2.72. The molecule has 2 saturated heterocycles. The van der Waals surface area contributed by atoms with Crippen LogP contribution in [0.4, 0.5) is 0 Å². The molecule has 1 aromatic carbocycles. The van der Waals surface area contributed by atoms with E-state index in [2.05, 4.69) is 0 Å². The smallest absolute Gasteiger partial charge is 0.336 e. The predicted molar refractivity (Wildman–Crippen MR) is 113 cm³/mol. The van der Waals surface area contributed by atoms with Gasteiger partial charge in [0.05, 0.1) is 17.1 Å². The normalized spacial score (nSPS) is 25.1. The standard InChI is InChI=1S/C19H25N3O7S2/c1-14-12-22(13-15(2)28-14)31(26,27)21-9-7-20(8-10-21)30(24,25)17-4-5-18-16(11-17)3-6-19(23)29-18/h3-6,11,14-15H,7-10,12-13H2,1-2H3. The lowest BCUT2D eigenvalue weighted by Gasteiger charge is -2.39. The summed E-state index contributed by atoms with van der Waals surface area (Å²) >= 11 is 0. The number of piperazine rings is 1. The summed E-state index contributed by atoms with van der Waals surface area (Å²) in [5, 5.41) is 0.498.